The van der Waals surface area contributed by atoms with Gasteiger partial charge in [-0.3, -0.25) is 4.18 Å². The van der Waals surface area contributed by atoms with Crippen molar-refractivity contribution < 1.29 is 32.0 Å². The third-order valence-corrected chi connectivity index (χ3v) is 4.55. The van der Waals surface area contributed by atoms with Gasteiger partial charge in [0.05, 0.1) is 11.4 Å². The molecule has 2 bridgehead atoms. The molecule has 0 aromatic carbocycles. The summed E-state index contributed by atoms with van der Waals surface area (Å²) in [6.07, 6.45) is 0.163. The zero-order valence-electron chi connectivity index (χ0n) is 12.5. The van der Waals surface area contributed by atoms with Gasteiger partial charge in [0.15, 0.2) is 6.10 Å². The van der Waals surface area contributed by atoms with Crippen LogP contribution in [0, 0.1) is 11.8 Å². The highest BCUT2D eigenvalue weighted by molar-refractivity contribution is 7.74. The first-order valence-electron chi connectivity index (χ1n) is 7.13. The Morgan fingerprint density at radius 3 is 2.41 bits per heavy atom. The average Bonchev–Trinajstić information content (AvgIpc) is 3.00. The Bertz CT molecular complexity index is 503. The number of carbonyl (C=O) groups is 2. The van der Waals surface area contributed by atoms with E-state index in [0.29, 0.717) is 0 Å². The van der Waals surface area contributed by atoms with Crippen molar-refractivity contribution in [2.75, 3.05) is 0 Å². The lowest BCUT2D eigenvalue weighted by Gasteiger charge is -2.31. The van der Waals surface area contributed by atoms with Crippen molar-refractivity contribution >= 4 is 23.3 Å². The van der Waals surface area contributed by atoms with Gasteiger partial charge in [0, 0.05) is 5.57 Å². The van der Waals surface area contributed by atoms with Gasteiger partial charge in [-0.25, -0.2) is 13.8 Å². The summed E-state index contributed by atoms with van der Waals surface area (Å²) in [4.78, 5) is 23.4. The number of fused-ring (bicyclic) bond motifs is 2. The predicted molar refractivity (Wildman–Crippen MR) is 74.9 cm³/mol. The molecule has 124 valence electrons. The van der Waals surface area contributed by atoms with Crippen LogP contribution in [0.1, 0.15) is 33.1 Å². The first-order valence-corrected chi connectivity index (χ1v) is 8.13. The van der Waals surface area contributed by atoms with E-state index in [1.807, 2.05) is 0 Å². The molecule has 0 spiro atoms. The van der Waals surface area contributed by atoms with Crippen molar-refractivity contribution in [3.05, 3.63) is 12.2 Å². The Morgan fingerprint density at radius 2 is 1.86 bits per heavy atom. The van der Waals surface area contributed by atoms with E-state index in [4.69, 9.17) is 13.7 Å². The van der Waals surface area contributed by atoms with E-state index < -0.39 is 41.6 Å². The fraction of sp³-hybridized carbons (Fsp3) is 0.714. The molecular formula is C14H19O7S-. The Balaban J connectivity index is 1.96. The number of carbonyl (C=O) groups excluding carboxylic acids is 2. The van der Waals surface area contributed by atoms with Crippen molar-refractivity contribution in [3.63, 3.8) is 0 Å². The molecule has 0 aromatic rings. The molecule has 2 aliphatic rings. The molecule has 6 atom stereocenters. The lowest BCUT2D eigenvalue weighted by Crippen LogP contribution is -2.41. The first-order chi connectivity index (χ1) is 10.3. The van der Waals surface area contributed by atoms with Crippen molar-refractivity contribution in [2.45, 2.75) is 51.4 Å². The highest BCUT2D eigenvalue weighted by Gasteiger charge is 2.51. The van der Waals surface area contributed by atoms with Crippen molar-refractivity contribution in [2.24, 2.45) is 11.8 Å². The second-order valence-electron chi connectivity index (χ2n) is 5.83. The van der Waals surface area contributed by atoms with Crippen LogP contribution in [-0.4, -0.2) is 39.0 Å². The van der Waals surface area contributed by atoms with E-state index in [2.05, 4.69) is 6.58 Å². The molecule has 6 unspecified atom stereocenters. The van der Waals surface area contributed by atoms with Crippen molar-refractivity contribution in [1.29, 1.82) is 0 Å². The molecule has 0 N–H and O–H groups in total. The number of hydrogen-bond acceptors (Lipinski definition) is 7. The Labute approximate surface area is 131 Å². The minimum Gasteiger partial charge on any atom is -0.750 e. The molecule has 22 heavy (non-hydrogen) atoms. The third-order valence-electron chi connectivity index (χ3n) is 4.17. The molecule has 2 saturated carbocycles. The normalized spacial score (nSPS) is 32.3. The quantitative estimate of drug-likeness (QED) is 0.406. The van der Waals surface area contributed by atoms with E-state index in [1.54, 1.807) is 0 Å². The van der Waals surface area contributed by atoms with Crippen LogP contribution in [0.25, 0.3) is 0 Å². The van der Waals surface area contributed by atoms with Crippen LogP contribution >= 0.6 is 0 Å². The van der Waals surface area contributed by atoms with Crippen LogP contribution < -0.4 is 0 Å². The van der Waals surface area contributed by atoms with Crippen LogP contribution in [0.2, 0.25) is 0 Å². The molecule has 0 amide bonds. The van der Waals surface area contributed by atoms with Gasteiger partial charge in [0.1, 0.15) is 12.2 Å². The van der Waals surface area contributed by atoms with Gasteiger partial charge < -0.3 is 14.0 Å². The SMILES string of the molecule is C=C(C)C(=O)OC(C)C(=O)OC1C2CCC(C2)C1OS(=O)[O-]. The minimum atomic E-state index is -2.66. The number of hydrogen-bond donors (Lipinski definition) is 0. The summed E-state index contributed by atoms with van der Waals surface area (Å²) in [5.74, 6) is -1.22. The van der Waals surface area contributed by atoms with Gasteiger partial charge in [0.25, 0.3) is 0 Å². The molecule has 2 fully saturated rings. The lowest BCUT2D eigenvalue weighted by atomic mass is 9.95. The lowest BCUT2D eigenvalue weighted by molar-refractivity contribution is -0.174. The van der Waals surface area contributed by atoms with E-state index in [9.17, 15) is 18.4 Å². The van der Waals surface area contributed by atoms with Gasteiger partial charge in [-0.2, -0.15) is 0 Å². The highest BCUT2D eigenvalue weighted by atomic mass is 32.2. The van der Waals surface area contributed by atoms with Crippen LogP contribution in [0.15, 0.2) is 12.2 Å². The molecule has 7 nitrogen and oxygen atoms in total. The topological polar surface area (TPSA) is 102 Å². The highest BCUT2D eigenvalue weighted by Crippen LogP contribution is 2.47. The second kappa shape index (κ2) is 6.89. The number of ether oxygens (including phenoxy) is 2. The van der Waals surface area contributed by atoms with Gasteiger partial charge in [-0.15, -0.1) is 0 Å². The van der Waals surface area contributed by atoms with Crippen LogP contribution in [0.5, 0.6) is 0 Å². The largest absolute Gasteiger partial charge is 0.750 e. The van der Waals surface area contributed by atoms with E-state index in [-0.39, 0.29) is 17.4 Å². The first kappa shape index (κ1) is 17.1. The fourth-order valence-corrected chi connectivity index (χ4v) is 3.56. The molecule has 8 heteroatoms. The standard InChI is InChI=1S/C14H20O7S/c1-7(2)13(15)19-8(3)14(16)20-11-9-4-5-10(6-9)12(11)21-22(17)18/h8-12H,1,4-6H2,2-3H3,(H,17,18)/p-1. The zero-order chi connectivity index (χ0) is 16.4. The number of rotatable bonds is 6. The monoisotopic (exact) mass is 331 g/mol. The second-order valence-corrected chi connectivity index (χ2v) is 6.43. The van der Waals surface area contributed by atoms with Gasteiger partial charge in [-0.1, -0.05) is 6.58 Å². The molecular weight excluding hydrogens is 312 g/mol. The fourth-order valence-electron chi connectivity index (χ4n) is 3.11. The maximum Gasteiger partial charge on any atom is 0.347 e. The summed E-state index contributed by atoms with van der Waals surface area (Å²) in [5, 5.41) is 0. The van der Waals surface area contributed by atoms with Crippen molar-refractivity contribution in [3.8, 4) is 0 Å². The summed E-state index contributed by atoms with van der Waals surface area (Å²) < 4.78 is 36.7. The summed E-state index contributed by atoms with van der Waals surface area (Å²) in [5.41, 5.74) is 0.183. The summed E-state index contributed by atoms with van der Waals surface area (Å²) in [6, 6.07) is 0. The predicted octanol–water partition coefficient (Wildman–Crippen LogP) is 1.02. The Morgan fingerprint density at radius 1 is 1.27 bits per heavy atom. The molecule has 2 rings (SSSR count). The Kier molecular flexibility index (Phi) is 5.36. The summed E-state index contributed by atoms with van der Waals surface area (Å²) >= 11 is -2.66. The maximum absolute atomic E-state index is 12.0. The van der Waals surface area contributed by atoms with Crippen LogP contribution in [-0.2, 0) is 34.6 Å². The minimum absolute atomic E-state index is 0.0778. The smallest absolute Gasteiger partial charge is 0.347 e. The summed E-state index contributed by atoms with van der Waals surface area (Å²) in [7, 11) is 0. The number of esters is 2. The molecule has 2 aliphatic carbocycles. The summed E-state index contributed by atoms with van der Waals surface area (Å²) in [6.45, 7) is 6.31. The van der Waals surface area contributed by atoms with Gasteiger partial charge in [-0.05, 0) is 44.9 Å². The molecule has 0 heterocycles. The van der Waals surface area contributed by atoms with Gasteiger partial charge in [0.2, 0.25) is 0 Å². The molecule has 0 aliphatic heterocycles. The van der Waals surface area contributed by atoms with E-state index >= 15 is 0 Å². The zero-order valence-corrected chi connectivity index (χ0v) is 13.3. The molecule has 0 radical (unpaired) electrons. The van der Waals surface area contributed by atoms with Crippen molar-refractivity contribution in [1.82, 2.24) is 0 Å². The average molecular weight is 331 g/mol. The van der Waals surface area contributed by atoms with Gasteiger partial charge >= 0.3 is 11.9 Å². The third kappa shape index (κ3) is 3.74. The van der Waals surface area contributed by atoms with E-state index in [1.165, 1.54) is 13.8 Å². The molecule has 0 saturated heterocycles. The van der Waals surface area contributed by atoms with Crippen LogP contribution in [0.4, 0.5) is 0 Å². The van der Waals surface area contributed by atoms with E-state index in [0.717, 1.165) is 19.3 Å². The van der Waals surface area contributed by atoms with Crippen LogP contribution in [0.3, 0.4) is 0 Å². The Hall–Kier alpha value is -1.25. The molecule has 0 aromatic heterocycles. The maximum atomic E-state index is 12.0.